The van der Waals surface area contributed by atoms with E-state index in [0.29, 0.717) is 29.7 Å². The molecule has 4 rings (SSSR count). The van der Waals surface area contributed by atoms with Gasteiger partial charge < -0.3 is 15.1 Å². The number of aromatic nitrogens is 1. The minimum absolute atomic E-state index is 0.00400. The van der Waals surface area contributed by atoms with Crippen molar-refractivity contribution in [2.75, 3.05) is 5.32 Å². The van der Waals surface area contributed by atoms with Gasteiger partial charge in [0.15, 0.2) is 5.89 Å². The summed E-state index contributed by atoms with van der Waals surface area (Å²) in [6.07, 6.45) is 3.64. The van der Waals surface area contributed by atoms with E-state index in [4.69, 9.17) is 4.42 Å². The molecule has 1 aromatic heterocycles. The Morgan fingerprint density at radius 1 is 1.44 bits per heavy atom. The number of nitrogens with one attached hydrogen (secondary N) is 2. The van der Waals surface area contributed by atoms with Crippen LogP contribution in [0.5, 0.6) is 0 Å². The van der Waals surface area contributed by atoms with Gasteiger partial charge in [0.05, 0.1) is 18.2 Å². The maximum absolute atomic E-state index is 12.5. The van der Waals surface area contributed by atoms with E-state index in [1.807, 2.05) is 25.1 Å². The Labute approximate surface area is 146 Å². The quantitative estimate of drug-likeness (QED) is 0.877. The smallest absolute Gasteiger partial charge is 0.289 e. The normalized spacial score (nSPS) is 17.1. The number of anilines is 1. The van der Waals surface area contributed by atoms with Crippen LogP contribution in [-0.2, 0) is 17.6 Å². The van der Waals surface area contributed by atoms with Crippen LogP contribution in [0, 0.1) is 12.8 Å². The number of nitrogens with zero attached hydrogens (tertiary/aromatic N) is 1. The second-order valence-corrected chi connectivity index (χ2v) is 7.01. The van der Waals surface area contributed by atoms with E-state index in [0.717, 1.165) is 23.2 Å². The molecule has 1 atom stereocenters. The maximum atomic E-state index is 12.5. The molecule has 6 heteroatoms. The third kappa shape index (κ3) is 3.29. The molecule has 2 aromatic rings. The molecule has 0 spiro atoms. The summed E-state index contributed by atoms with van der Waals surface area (Å²) < 4.78 is 5.67. The van der Waals surface area contributed by atoms with Crippen LogP contribution in [0.1, 0.15) is 59.1 Å². The molecule has 0 unspecified atom stereocenters. The third-order valence-electron chi connectivity index (χ3n) is 4.81. The Morgan fingerprint density at radius 2 is 2.24 bits per heavy atom. The van der Waals surface area contributed by atoms with Crippen LogP contribution >= 0.6 is 0 Å². The van der Waals surface area contributed by atoms with Gasteiger partial charge in [-0.25, -0.2) is 4.98 Å². The molecule has 0 bridgehead atoms. The van der Waals surface area contributed by atoms with E-state index in [9.17, 15) is 9.59 Å². The summed E-state index contributed by atoms with van der Waals surface area (Å²) in [6.45, 7) is 3.72. The van der Waals surface area contributed by atoms with Crippen LogP contribution < -0.4 is 10.6 Å². The molecule has 2 heterocycles. The van der Waals surface area contributed by atoms with Gasteiger partial charge in [0.1, 0.15) is 0 Å². The molecule has 1 aromatic carbocycles. The van der Waals surface area contributed by atoms with Crippen LogP contribution in [-0.4, -0.2) is 16.8 Å². The van der Waals surface area contributed by atoms with E-state index in [1.165, 1.54) is 12.8 Å². The van der Waals surface area contributed by atoms with E-state index in [1.54, 1.807) is 6.92 Å². The zero-order valence-corrected chi connectivity index (χ0v) is 14.4. The first-order chi connectivity index (χ1) is 12.0. The highest BCUT2D eigenvalue weighted by atomic mass is 16.4. The van der Waals surface area contributed by atoms with Crippen LogP contribution in [0.25, 0.3) is 0 Å². The lowest BCUT2D eigenvalue weighted by atomic mass is 10.0. The summed E-state index contributed by atoms with van der Waals surface area (Å²) in [5, 5.41) is 5.77. The number of oxazole rings is 1. The number of amides is 2. The van der Waals surface area contributed by atoms with Gasteiger partial charge in [0.25, 0.3) is 5.91 Å². The first-order valence-corrected chi connectivity index (χ1v) is 8.69. The van der Waals surface area contributed by atoms with E-state index >= 15 is 0 Å². The van der Waals surface area contributed by atoms with E-state index in [-0.39, 0.29) is 17.9 Å². The molecule has 0 saturated heterocycles. The number of aryl methyl sites for hydroxylation is 1. The van der Waals surface area contributed by atoms with Crippen molar-refractivity contribution in [3.63, 3.8) is 0 Å². The van der Waals surface area contributed by atoms with Gasteiger partial charge in [-0.15, -0.1) is 0 Å². The van der Waals surface area contributed by atoms with Crippen LogP contribution in [0.15, 0.2) is 22.6 Å². The lowest BCUT2D eigenvalue weighted by Crippen LogP contribution is -2.26. The van der Waals surface area contributed by atoms with Crippen LogP contribution in [0.4, 0.5) is 5.69 Å². The number of fused-ring (bicyclic) bond motifs is 1. The second-order valence-electron chi connectivity index (χ2n) is 7.01. The molecule has 6 nitrogen and oxygen atoms in total. The zero-order chi connectivity index (χ0) is 17.6. The minimum atomic E-state index is -0.255. The fourth-order valence-corrected chi connectivity index (χ4v) is 3.18. The van der Waals surface area contributed by atoms with Crippen molar-refractivity contribution >= 4 is 17.5 Å². The Bertz CT molecular complexity index is 852. The fraction of sp³-hybridized carbons (Fsp3) is 0.421. The van der Waals surface area contributed by atoms with Gasteiger partial charge in [-0.2, -0.15) is 0 Å². The molecular weight excluding hydrogens is 318 g/mol. The molecule has 1 aliphatic heterocycles. The molecule has 130 valence electrons. The van der Waals surface area contributed by atoms with Gasteiger partial charge >= 0.3 is 0 Å². The lowest BCUT2D eigenvalue weighted by molar-refractivity contribution is -0.115. The fourth-order valence-electron chi connectivity index (χ4n) is 3.18. The molecule has 0 radical (unpaired) electrons. The number of hydrogen-bond acceptors (Lipinski definition) is 4. The first kappa shape index (κ1) is 15.9. The molecule has 2 N–H and O–H groups in total. The average molecular weight is 339 g/mol. The topological polar surface area (TPSA) is 84.2 Å². The number of carbonyl (C=O) groups excluding carboxylic acids is 2. The van der Waals surface area contributed by atoms with Gasteiger partial charge in [-0.3, -0.25) is 9.59 Å². The number of hydrogen-bond donors (Lipinski definition) is 2. The molecule has 1 aliphatic carbocycles. The highest BCUT2D eigenvalue weighted by Gasteiger charge is 2.26. The van der Waals surface area contributed by atoms with Crippen molar-refractivity contribution in [1.82, 2.24) is 10.3 Å². The third-order valence-corrected chi connectivity index (χ3v) is 4.81. The van der Waals surface area contributed by atoms with Crippen LogP contribution in [0.3, 0.4) is 0 Å². The largest absolute Gasteiger partial charge is 0.435 e. The number of carbonyl (C=O) groups is 2. The Kier molecular flexibility index (Phi) is 3.82. The first-order valence-electron chi connectivity index (χ1n) is 8.69. The monoisotopic (exact) mass is 339 g/mol. The van der Waals surface area contributed by atoms with Gasteiger partial charge in [-0.05, 0) is 49.8 Å². The molecular formula is C19H21N3O3. The number of benzene rings is 1. The highest BCUT2D eigenvalue weighted by molar-refractivity contribution is 5.99. The minimum Gasteiger partial charge on any atom is -0.435 e. The summed E-state index contributed by atoms with van der Waals surface area (Å²) in [4.78, 5) is 28.4. The highest BCUT2D eigenvalue weighted by Crippen LogP contribution is 2.33. The average Bonchev–Trinajstić information content (AvgIpc) is 3.17. The Balaban J connectivity index is 1.46. The molecule has 1 saturated carbocycles. The van der Waals surface area contributed by atoms with Gasteiger partial charge in [-0.1, -0.05) is 12.1 Å². The SMILES string of the molecule is Cc1nc(CC2CC2)oc1C(=O)N[C@@H](C)c1ccc2c(c1)CC(=O)N2. The Hall–Kier alpha value is -2.63. The predicted molar refractivity (Wildman–Crippen MR) is 92.3 cm³/mol. The van der Waals surface area contributed by atoms with E-state index in [2.05, 4.69) is 15.6 Å². The summed E-state index contributed by atoms with van der Waals surface area (Å²) in [7, 11) is 0. The lowest BCUT2D eigenvalue weighted by Gasteiger charge is -2.14. The predicted octanol–water partition coefficient (Wildman–Crippen LogP) is 2.92. The van der Waals surface area contributed by atoms with Crippen molar-refractivity contribution in [2.24, 2.45) is 5.92 Å². The van der Waals surface area contributed by atoms with Crippen molar-refractivity contribution in [1.29, 1.82) is 0 Å². The number of rotatable bonds is 5. The molecule has 25 heavy (non-hydrogen) atoms. The molecule has 2 amide bonds. The van der Waals surface area contributed by atoms with Crippen molar-refractivity contribution in [3.8, 4) is 0 Å². The maximum Gasteiger partial charge on any atom is 0.289 e. The molecule has 2 aliphatic rings. The van der Waals surface area contributed by atoms with Crippen molar-refractivity contribution in [3.05, 3.63) is 46.7 Å². The van der Waals surface area contributed by atoms with E-state index < -0.39 is 0 Å². The van der Waals surface area contributed by atoms with Crippen molar-refractivity contribution in [2.45, 2.75) is 45.6 Å². The zero-order valence-electron chi connectivity index (χ0n) is 14.4. The Morgan fingerprint density at radius 3 is 3.00 bits per heavy atom. The summed E-state index contributed by atoms with van der Waals surface area (Å²) >= 11 is 0. The summed E-state index contributed by atoms with van der Waals surface area (Å²) in [5.74, 6) is 1.36. The summed E-state index contributed by atoms with van der Waals surface area (Å²) in [6, 6.07) is 5.57. The van der Waals surface area contributed by atoms with Crippen LogP contribution in [0.2, 0.25) is 0 Å². The van der Waals surface area contributed by atoms with Gasteiger partial charge in [0.2, 0.25) is 11.7 Å². The molecule has 1 fully saturated rings. The van der Waals surface area contributed by atoms with Crippen molar-refractivity contribution < 1.29 is 14.0 Å². The van der Waals surface area contributed by atoms with Gasteiger partial charge in [0, 0.05) is 12.1 Å². The standard InChI is InChI=1S/C19H21N3O3/c1-10(13-5-6-15-14(8-13)9-16(23)22-15)21-19(24)18-11(2)20-17(25-18)7-12-3-4-12/h5-6,8,10,12H,3-4,7,9H2,1-2H3,(H,21,24)(H,22,23)/t10-/m0/s1. The second kappa shape index (κ2) is 6.02. The summed E-state index contributed by atoms with van der Waals surface area (Å²) in [5.41, 5.74) is 3.40.